The number of aromatic hydroxyl groups is 1. The first-order valence-corrected chi connectivity index (χ1v) is 11.1. The van der Waals surface area contributed by atoms with Crippen molar-refractivity contribution in [3.8, 4) is 5.75 Å². The Balaban J connectivity index is 1.49. The van der Waals surface area contributed by atoms with E-state index in [0.717, 1.165) is 18.3 Å². The number of phenolic OH excluding ortho intramolecular Hbond substituents is 1. The van der Waals surface area contributed by atoms with Gasteiger partial charge in [0, 0.05) is 24.5 Å². The molecule has 1 aliphatic rings. The van der Waals surface area contributed by atoms with Gasteiger partial charge >= 0.3 is 6.18 Å². The maximum absolute atomic E-state index is 14.2. The molecular formula is C23H20ClF4N5O3. The molecule has 1 aromatic heterocycles. The van der Waals surface area contributed by atoms with Crippen LogP contribution in [0.15, 0.2) is 42.6 Å². The van der Waals surface area contributed by atoms with Crippen LogP contribution in [0.25, 0.3) is 0 Å². The molecule has 1 fully saturated rings. The second-order valence-corrected chi connectivity index (χ2v) is 8.20. The number of nitrogens with one attached hydrogen (secondary N) is 2. The Morgan fingerprint density at radius 1 is 1.17 bits per heavy atom. The third kappa shape index (κ3) is 5.94. The van der Waals surface area contributed by atoms with E-state index in [1.165, 1.54) is 24.3 Å². The van der Waals surface area contributed by atoms with E-state index in [1.807, 2.05) is 0 Å². The molecule has 3 N–H and O–H groups in total. The fourth-order valence-electron chi connectivity index (χ4n) is 3.51. The normalized spacial score (nSPS) is 14.0. The highest BCUT2D eigenvalue weighted by Crippen LogP contribution is 2.34. The number of hydrogen-bond donors (Lipinski definition) is 3. The van der Waals surface area contributed by atoms with Gasteiger partial charge in [-0.25, -0.2) is 14.4 Å². The minimum atomic E-state index is -4.53. The Hall–Kier alpha value is -3.64. The summed E-state index contributed by atoms with van der Waals surface area (Å²) in [6, 6.07) is 6.98. The van der Waals surface area contributed by atoms with Crippen LogP contribution in [0.3, 0.4) is 0 Å². The Kier molecular flexibility index (Phi) is 7.45. The van der Waals surface area contributed by atoms with E-state index in [2.05, 4.69) is 20.6 Å². The molecule has 2 aromatic carbocycles. The molecule has 4 rings (SSSR count). The summed E-state index contributed by atoms with van der Waals surface area (Å²) in [6.07, 6.45) is -3.52. The van der Waals surface area contributed by atoms with Gasteiger partial charge in [0.1, 0.15) is 11.6 Å². The number of anilines is 3. The first-order chi connectivity index (χ1) is 17.1. The zero-order valence-corrected chi connectivity index (χ0v) is 19.3. The highest BCUT2D eigenvalue weighted by atomic mass is 35.5. The molecule has 1 aliphatic heterocycles. The second-order valence-electron chi connectivity index (χ2n) is 7.80. The number of nitrogens with zero attached hydrogens (tertiary/aromatic N) is 3. The third-order valence-electron chi connectivity index (χ3n) is 5.28. The molecule has 8 nitrogen and oxygen atoms in total. The number of hydrogen-bond acceptors (Lipinski definition) is 7. The number of carbonyl (C=O) groups excluding carboxylic acids is 1. The van der Waals surface area contributed by atoms with Gasteiger partial charge < -0.3 is 25.4 Å². The Morgan fingerprint density at radius 3 is 2.64 bits per heavy atom. The van der Waals surface area contributed by atoms with E-state index in [9.17, 15) is 27.5 Å². The van der Waals surface area contributed by atoms with Gasteiger partial charge in [-0.3, -0.25) is 4.79 Å². The molecule has 3 aromatic rings. The summed E-state index contributed by atoms with van der Waals surface area (Å²) in [5.41, 5.74) is -0.804. The minimum Gasteiger partial charge on any atom is -0.506 e. The predicted octanol–water partition coefficient (Wildman–Crippen LogP) is 4.50. The molecule has 1 saturated heterocycles. The molecule has 13 heteroatoms. The van der Waals surface area contributed by atoms with Crippen molar-refractivity contribution >= 4 is 34.7 Å². The Morgan fingerprint density at radius 2 is 1.92 bits per heavy atom. The minimum absolute atomic E-state index is 0.0933. The van der Waals surface area contributed by atoms with Crippen molar-refractivity contribution in [3.63, 3.8) is 0 Å². The van der Waals surface area contributed by atoms with E-state index in [1.54, 1.807) is 4.90 Å². The van der Waals surface area contributed by atoms with Crippen LogP contribution >= 0.6 is 11.6 Å². The van der Waals surface area contributed by atoms with E-state index in [4.69, 9.17) is 16.3 Å². The van der Waals surface area contributed by atoms with Crippen LogP contribution in [0, 0.1) is 5.82 Å². The molecule has 0 atom stereocenters. The highest BCUT2D eigenvalue weighted by Gasteiger charge is 2.30. The van der Waals surface area contributed by atoms with Gasteiger partial charge in [-0.1, -0.05) is 17.7 Å². The van der Waals surface area contributed by atoms with E-state index in [-0.39, 0.29) is 40.1 Å². The lowest BCUT2D eigenvalue weighted by atomic mass is 10.1. The molecule has 0 aliphatic carbocycles. The van der Waals surface area contributed by atoms with E-state index >= 15 is 0 Å². The number of rotatable bonds is 6. The summed E-state index contributed by atoms with van der Waals surface area (Å²) in [7, 11) is 0. The first-order valence-electron chi connectivity index (χ1n) is 10.7. The SMILES string of the molecule is O=C(NCc1ncc(F)c(N2CCOCC2)n1)c1cc(Nc2cccc(C(F)(F)F)c2)cc(Cl)c1O. The predicted molar refractivity (Wildman–Crippen MR) is 124 cm³/mol. The molecule has 2 heterocycles. The molecule has 0 saturated carbocycles. The number of phenols is 1. The number of amides is 1. The second kappa shape index (κ2) is 10.5. The van der Waals surface area contributed by atoms with Crippen LogP contribution in [0.5, 0.6) is 5.75 Å². The summed E-state index contributed by atoms with van der Waals surface area (Å²) in [4.78, 5) is 22.5. The molecule has 0 bridgehead atoms. The van der Waals surface area contributed by atoms with Crippen LogP contribution in [0.2, 0.25) is 5.02 Å². The lowest BCUT2D eigenvalue weighted by molar-refractivity contribution is -0.137. The monoisotopic (exact) mass is 525 g/mol. The summed E-state index contributed by atoms with van der Waals surface area (Å²) in [5.74, 6) is -1.64. The van der Waals surface area contributed by atoms with Gasteiger partial charge in [-0.2, -0.15) is 13.2 Å². The molecular weight excluding hydrogens is 506 g/mol. The zero-order chi connectivity index (χ0) is 25.9. The molecule has 0 radical (unpaired) electrons. The largest absolute Gasteiger partial charge is 0.506 e. The number of morpholine rings is 1. The standard InChI is InChI=1S/C23H20ClF4N5O3/c24-17-10-15(31-14-3-1-2-13(8-14)23(26,27)28)9-16(20(17)34)22(35)30-12-19-29-11-18(25)21(32-19)33-4-6-36-7-5-33/h1-3,8-11,31,34H,4-7,12H2,(H,30,35). The Bertz CT molecular complexity index is 1270. The van der Waals surface area contributed by atoms with Gasteiger partial charge in [0.2, 0.25) is 0 Å². The number of benzene rings is 2. The van der Waals surface area contributed by atoms with Crippen molar-refractivity contribution in [3.05, 3.63) is 70.4 Å². The van der Waals surface area contributed by atoms with Gasteiger partial charge in [0.15, 0.2) is 11.6 Å². The zero-order valence-electron chi connectivity index (χ0n) is 18.6. The maximum atomic E-state index is 14.2. The molecule has 190 valence electrons. The van der Waals surface area contributed by atoms with Crippen LogP contribution in [-0.4, -0.2) is 47.3 Å². The molecule has 0 spiro atoms. The highest BCUT2D eigenvalue weighted by molar-refractivity contribution is 6.33. The molecule has 1 amide bonds. The van der Waals surface area contributed by atoms with Gasteiger partial charge in [0.25, 0.3) is 5.91 Å². The van der Waals surface area contributed by atoms with Crippen LogP contribution in [0.1, 0.15) is 21.7 Å². The summed E-state index contributed by atoms with van der Waals surface area (Å²) in [5, 5.41) is 15.4. The average Bonchev–Trinajstić information content (AvgIpc) is 2.85. The van der Waals surface area contributed by atoms with Gasteiger partial charge in [-0.15, -0.1) is 0 Å². The number of halogens is 5. The fraction of sp³-hybridized carbons (Fsp3) is 0.261. The first kappa shape index (κ1) is 25.5. The quantitative estimate of drug-likeness (QED) is 0.322. The van der Waals surface area contributed by atoms with Gasteiger partial charge in [0.05, 0.1) is 42.1 Å². The summed E-state index contributed by atoms with van der Waals surface area (Å²) >= 11 is 6.04. The third-order valence-corrected chi connectivity index (χ3v) is 5.57. The average molecular weight is 526 g/mol. The lowest BCUT2D eigenvalue weighted by Gasteiger charge is -2.28. The number of alkyl halides is 3. The molecule has 0 unspecified atom stereocenters. The smallest absolute Gasteiger partial charge is 0.416 e. The van der Waals surface area contributed by atoms with Crippen molar-refractivity contribution in [1.29, 1.82) is 0 Å². The van der Waals surface area contributed by atoms with Crippen LogP contribution in [0.4, 0.5) is 34.8 Å². The molecule has 36 heavy (non-hydrogen) atoms. The van der Waals surface area contributed by atoms with E-state index in [0.29, 0.717) is 26.3 Å². The van der Waals surface area contributed by atoms with Crippen molar-refractivity contribution in [2.45, 2.75) is 12.7 Å². The Labute approximate surface area is 207 Å². The number of aromatic nitrogens is 2. The van der Waals surface area contributed by atoms with Crippen LogP contribution in [-0.2, 0) is 17.5 Å². The van der Waals surface area contributed by atoms with Crippen molar-refractivity contribution in [2.75, 3.05) is 36.5 Å². The van der Waals surface area contributed by atoms with Crippen LogP contribution < -0.4 is 15.5 Å². The van der Waals surface area contributed by atoms with Crippen molar-refractivity contribution < 1.29 is 32.2 Å². The maximum Gasteiger partial charge on any atom is 0.416 e. The fourth-order valence-corrected chi connectivity index (χ4v) is 3.73. The lowest BCUT2D eigenvalue weighted by Crippen LogP contribution is -2.37. The van der Waals surface area contributed by atoms with Gasteiger partial charge in [-0.05, 0) is 30.3 Å². The van der Waals surface area contributed by atoms with Crippen molar-refractivity contribution in [2.24, 2.45) is 0 Å². The summed E-state index contributed by atoms with van der Waals surface area (Å²) in [6.45, 7) is 1.59. The number of ether oxygens (including phenoxy) is 1. The topological polar surface area (TPSA) is 99.6 Å². The van der Waals surface area contributed by atoms with Crippen molar-refractivity contribution in [1.82, 2.24) is 15.3 Å². The summed E-state index contributed by atoms with van der Waals surface area (Å²) < 4.78 is 58.5. The van der Waals surface area contributed by atoms with E-state index < -0.39 is 29.2 Å². The number of carbonyl (C=O) groups is 1.